The first kappa shape index (κ1) is 17.9. The molecule has 0 bridgehead atoms. The molecule has 0 spiro atoms. The third-order valence-corrected chi connectivity index (χ3v) is 4.06. The fraction of sp³-hybridized carbons (Fsp3) is 0.150. The first-order valence-corrected chi connectivity index (χ1v) is 8.67. The molecular formula is C20H19ClN4O. The second-order valence-corrected chi connectivity index (χ2v) is 6.27. The van der Waals surface area contributed by atoms with E-state index in [1.165, 1.54) is 5.56 Å². The van der Waals surface area contributed by atoms with Crippen molar-refractivity contribution in [3.05, 3.63) is 76.9 Å². The minimum atomic E-state index is 0.0286. The van der Waals surface area contributed by atoms with Crippen molar-refractivity contribution >= 4 is 34.8 Å². The lowest BCUT2D eigenvalue weighted by Crippen LogP contribution is -2.08. The van der Waals surface area contributed by atoms with E-state index in [1.807, 2.05) is 36.4 Å². The van der Waals surface area contributed by atoms with Crippen LogP contribution in [0.25, 0.3) is 0 Å². The highest BCUT2D eigenvalue weighted by Gasteiger charge is 2.03. The van der Waals surface area contributed by atoms with Gasteiger partial charge in [-0.25, -0.2) is 4.98 Å². The maximum atomic E-state index is 11.5. The van der Waals surface area contributed by atoms with Gasteiger partial charge < -0.3 is 10.6 Å². The molecule has 1 heterocycles. The van der Waals surface area contributed by atoms with Crippen molar-refractivity contribution in [1.82, 2.24) is 9.97 Å². The summed E-state index contributed by atoms with van der Waals surface area (Å²) in [5, 5.41) is 7.14. The van der Waals surface area contributed by atoms with Crippen molar-refractivity contribution in [3.63, 3.8) is 0 Å². The molecule has 6 heteroatoms. The maximum absolute atomic E-state index is 11.5. The minimum Gasteiger partial charge on any atom is -0.354 e. The Morgan fingerprint density at radius 2 is 1.92 bits per heavy atom. The Morgan fingerprint density at radius 3 is 2.69 bits per heavy atom. The quantitative estimate of drug-likeness (QED) is 0.591. The Kier molecular flexibility index (Phi) is 5.81. The van der Waals surface area contributed by atoms with Crippen LogP contribution in [0.4, 0.5) is 17.5 Å². The van der Waals surface area contributed by atoms with E-state index in [4.69, 9.17) is 11.6 Å². The molecule has 0 atom stereocenters. The number of carbonyl (C=O) groups is 1. The van der Waals surface area contributed by atoms with Crippen molar-refractivity contribution in [2.24, 2.45) is 0 Å². The second kappa shape index (κ2) is 8.45. The Morgan fingerprint density at radius 1 is 1.12 bits per heavy atom. The zero-order valence-corrected chi connectivity index (χ0v) is 15.1. The van der Waals surface area contributed by atoms with Crippen LogP contribution in [0.5, 0.6) is 0 Å². The van der Waals surface area contributed by atoms with E-state index in [1.54, 1.807) is 31.3 Å². The molecule has 0 amide bonds. The average Bonchev–Trinajstić information content (AvgIpc) is 2.64. The number of hydrogen-bond donors (Lipinski definition) is 2. The van der Waals surface area contributed by atoms with Gasteiger partial charge in [-0.05, 0) is 49.2 Å². The van der Waals surface area contributed by atoms with E-state index in [2.05, 4.69) is 20.6 Å². The molecule has 0 radical (unpaired) electrons. The van der Waals surface area contributed by atoms with Crippen LogP contribution in [0.2, 0.25) is 5.02 Å². The van der Waals surface area contributed by atoms with E-state index >= 15 is 0 Å². The monoisotopic (exact) mass is 366 g/mol. The molecule has 2 aromatic carbocycles. The Hall–Kier alpha value is -2.92. The summed E-state index contributed by atoms with van der Waals surface area (Å²) in [6.07, 6.45) is 2.54. The molecule has 0 saturated heterocycles. The fourth-order valence-electron chi connectivity index (χ4n) is 2.45. The molecule has 0 saturated carbocycles. The number of halogens is 1. The van der Waals surface area contributed by atoms with Gasteiger partial charge in [-0.1, -0.05) is 35.9 Å². The summed E-state index contributed by atoms with van der Waals surface area (Å²) < 4.78 is 0. The zero-order chi connectivity index (χ0) is 18.4. The van der Waals surface area contributed by atoms with Crippen molar-refractivity contribution in [2.45, 2.75) is 13.3 Å². The van der Waals surface area contributed by atoms with Crippen LogP contribution >= 0.6 is 11.6 Å². The van der Waals surface area contributed by atoms with E-state index in [-0.39, 0.29) is 5.78 Å². The standard InChI is InChI=1S/C20H19ClN4O/c1-14(26)16-3-2-4-18(13-16)24-19-10-12-23-20(25-19)22-11-9-15-5-7-17(21)8-6-15/h2-8,10,12-13H,9,11H2,1H3,(H2,22,23,24,25). The van der Waals surface area contributed by atoms with Gasteiger partial charge >= 0.3 is 0 Å². The molecule has 2 N–H and O–H groups in total. The van der Waals surface area contributed by atoms with Crippen LogP contribution in [-0.2, 0) is 6.42 Å². The summed E-state index contributed by atoms with van der Waals surface area (Å²) in [4.78, 5) is 20.2. The van der Waals surface area contributed by atoms with Gasteiger partial charge in [0.25, 0.3) is 0 Å². The van der Waals surface area contributed by atoms with Crippen molar-refractivity contribution in [3.8, 4) is 0 Å². The smallest absolute Gasteiger partial charge is 0.224 e. The molecule has 0 unspecified atom stereocenters. The predicted octanol–water partition coefficient (Wildman–Crippen LogP) is 4.73. The average molecular weight is 367 g/mol. The number of ketones is 1. The van der Waals surface area contributed by atoms with Gasteiger partial charge in [0.15, 0.2) is 5.78 Å². The number of rotatable bonds is 7. The Labute approximate surface area is 157 Å². The summed E-state index contributed by atoms with van der Waals surface area (Å²) in [7, 11) is 0. The van der Waals surface area contributed by atoms with Crippen LogP contribution in [0.15, 0.2) is 60.8 Å². The van der Waals surface area contributed by atoms with E-state index in [9.17, 15) is 4.79 Å². The topological polar surface area (TPSA) is 66.9 Å². The number of benzene rings is 2. The molecule has 0 aliphatic heterocycles. The highest BCUT2D eigenvalue weighted by atomic mass is 35.5. The molecule has 0 aliphatic rings. The lowest BCUT2D eigenvalue weighted by molar-refractivity contribution is 0.101. The molecule has 26 heavy (non-hydrogen) atoms. The van der Waals surface area contributed by atoms with E-state index < -0.39 is 0 Å². The van der Waals surface area contributed by atoms with Crippen molar-refractivity contribution in [1.29, 1.82) is 0 Å². The number of Topliss-reactive ketones (excluding diaryl/α,β-unsaturated/α-hetero) is 1. The Bertz CT molecular complexity index is 896. The number of anilines is 3. The third kappa shape index (κ3) is 5.04. The molecule has 3 aromatic rings. The first-order valence-electron chi connectivity index (χ1n) is 8.29. The number of hydrogen-bond acceptors (Lipinski definition) is 5. The van der Waals surface area contributed by atoms with Crippen LogP contribution in [-0.4, -0.2) is 22.3 Å². The van der Waals surface area contributed by atoms with Crippen LogP contribution in [0, 0.1) is 0 Å². The molecule has 3 rings (SSSR count). The van der Waals surface area contributed by atoms with Gasteiger partial charge in [0.1, 0.15) is 5.82 Å². The summed E-state index contributed by atoms with van der Waals surface area (Å²) in [6.45, 7) is 2.26. The van der Waals surface area contributed by atoms with Gasteiger partial charge in [0, 0.05) is 29.0 Å². The highest BCUT2D eigenvalue weighted by molar-refractivity contribution is 6.30. The maximum Gasteiger partial charge on any atom is 0.224 e. The number of nitrogens with one attached hydrogen (secondary N) is 2. The molecule has 1 aromatic heterocycles. The Balaban J connectivity index is 1.60. The first-order chi connectivity index (χ1) is 12.6. The lowest BCUT2D eigenvalue weighted by atomic mass is 10.1. The largest absolute Gasteiger partial charge is 0.354 e. The minimum absolute atomic E-state index is 0.0286. The molecule has 0 fully saturated rings. The lowest BCUT2D eigenvalue weighted by Gasteiger charge is -2.09. The van der Waals surface area contributed by atoms with Crippen LogP contribution in [0.1, 0.15) is 22.8 Å². The van der Waals surface area contributed by atoms with E-state index in [0.717, 1.165) is 17.1 Å². The molecule has 132 valence electrons. The van der Waals surface area contributed by atoms with Crippen molar-refractivity contribution in [2.75, 3.05) is 17.2 Å². The summed E-state index contributed by atoms with van der Waals surface area (Å²) in [5.74, 6) is 1.24. The van der Waals surface area contributed by atoms with Gasteiger partial charge in [-0.3, -0.25) is 4.79 Å². The van der Waals surface area contributed by atoms with Gasteiger partial charge in [0.05, 0.1) is 0 Å². The van der Waals surface area contributed by atoms with Crippen LogP contribution in [0.3, 0.4) is 0 Å². The number of aromatic nitrogens is 2. The van der Waals surface area contributed by atoms with Crippen molar-refractivity contribution < 1.29 is 4.79 Å². The molecule has 5 nitrogen and oxygen atoms in total. The fourth-order valence-corrected chi connectivity index (χ4v) is 2.57. The molecule has 0 aliphatic carbocycles. The second-order valence-electron chi connectivity index (χ2n) is 5.83. The molecular weight excluding hydrogens is 348 g/mol. The third-order valence-electron chi connectivity index (χ3n) is 3.81. The zero-order valence-electron chi connectivity index (χ0n) is 14.4. The SMILES string of the molecule is CC(=O)c1cccc(Nc2ccnc(NCCc3ccc(Cl)cc3)n2)c1. The van der Waals surface area contributed by atoms with Gasteiger partial charge in [-0.15, -0.1) is 0 Å². The van der Waals surface area contributed by atoms with Gasteiger partial charge in [0.2, 0.25) is 5.95 Å². The number of nitrogens with zero attached hydrogens (tertiary/aromatic N) is 2. The number of carbonyl (C=O) groups excluding carboxylic acids is 1. The summed E-state index contributed by atoms with van der Waals surface area (Å²) >= 11 is 5.89. The highest BCUT2D eigenvalue weighted by Crippen LogP contribution is 2.17. The predicted molar refractivity (Wildman–Crippen MR) is 105 cm³/mol. The normalized spacial score (nSPS) is 10.4. The van der Waals surface area contributed by atoms with Crippen LogP contribution < -0.4 is 10.6 Å². The summed E-state index contributed by atoms with van der Waals surface area (Å²) in [6, 6.07) is 16.9. The van der Waals surface area contributed by atoms with Gasteiger partial charge in [-0.2, -0.15) is 4.98 Å². The van der Waals surface area contributed by atoms with E-state index in [0.29, 0.717) is 23.9 Å². The summed E-state index contributed by atoms with van der Waals surface area (Å²) in [5.41, 5.74) is 2.66.